The topological polar surface area (TPSA) is 88.4 Å². The first-order chi connectivity index (χ1) is 10.1. The Morgan fingerprint density at radius 2 is 1.73 bits per heavy atom. The third kappa shape index (κ3) is 3.12. The molecule has 10 heteroatoms. The summed E-state index contributed by atoms with van der Waals surface area (Å²) < 4.78 is 70.8. The van der Waals surface area contributed by atoms with Crippen LogP contribution in [0.2, 0.25) is 0 Å². The van der Waals surface area contributed by atoms with Gasteiger partial charge in [0.2, 0.25) is 0 Å². The second-order valence-corrected chi connectivity index (χ2v) is 5.78. The van der Waals surface area contributed by atoms with Crippen LogP contribution in [0.1, 0.15) is 10.5 Å². The zero-order valence-corrected chi connectivity index (χ0v) is 11.8. The van der Waals surface area contributed by atoms with Crippen LogP contribution in [-0.4, -0.2) is 23.4 Å². The van der Waals surface area contributed by atoms with Crippen molar-refractivity contribution in [2.45, 2.75) is 4.90 Å². The highest BCUT2D eigenvalue weighted by atomic mass is 32.2. The number of aryl methyl sites for hydroxylation is 1. The average molecular weight is 334 g/mol. The summed E-state index contributed by atoms with van der Waals surface area (Å²) in [7, 11) is -3.17. The minimum Gasteiger partial charge on any atom is -0.345 e. The molecule has 2 aromatic rings. The molecule has 6 nitrogen and oxygen atoms in total. The van der Waals surface area contributed by atoms with E-state index in [4.69, 9.17) is 4.55 Å². The predicted molar refractivity (Wildman–Crippen MR) is 69.5 cm³/mol. The molecule has 0 saturated carbocycles. The number of anilines is 1. The van der Waals surface area contributed by atoms with Gasteiger partial charge in [0.05, 0.1) is 0 Å². The van der Waals surface area contributed by atoms with Gasteiger partial charge in [-0.1, -0.05) is 0 Å². The summed E-state index contributed by atoms with van der Waals surface area (Å²) in [5, 5.41) is 2.09. The van der Waals surface area contributed by atoms with E-state index < -0.39 is 38.4 Å². The lowest BCUT2D eigenvalue weighted by atomic mass is 10.2. The standard InChI is InChI=1S/C12H9F3N2O4S/c1-17-5-7(22(19,20)21)4-10(17)12(18)16-6-2-8(13)11(15)9(14)3-6/h2-5H,1H3,(H,16,18)(H,19,20,21). The zero-order chi connectivity index (χ0) is 16.7. The van der Waals surface area contributed by atoms with Gasteiger partial charge >= 0.3 is 0 Å². The van der Waals surface area contributed by atoms with Gasteiger partial charge in [-0.3, -0.25) is 9.35 Å². The van der Waals surface area contributed by atoms with Gasteiger partial charge in [0.25, 0.3) is 16.0 Å². The highest BCUT2D eigenvalue weighted by molar-refractivity contribution is 7.85. The summed E-state index contributed by atoms with van der Waals surface area (Å²) in [6.45, 7) is 0. The van der Waals surface area contributed by atoms with E-state index in [9.17, 15) is 26.4 Å². The first-order valence-electron chi connectivity index (χ1n) is 5.69. The Morgan fingerprint density at radius 3 is 2.18 bits per heavy atom. The van der Waals surface area contributed by atoms with Crippen molar-refractivity contribution in [3.05, 3.63) is 47.5 Å². The third-order valence-electron chi connectivity index (χ3n) is 2.75. The quantitative estimate of drug-likeness (QED) is 0.663. The first kappa shape index (κ1) is 16.0. The molecule has 0 radical (unpaired) electrons. The van der Waals surface area contributed by atoms with Crippen LogP contribution < -0.4 is 5.32 Å². The SMILES string of the molecule is Cn1cc(S(=O)(=O)O)cc1C(=O)Nc1cc(F)c(F)c(F)c1. The Kier molecular flexibility index (Phi) is 3.98. The molecule has 2 N–H and O–H groups in total. The maximum atomic E-state index is 13.0. The highest BCUT2D eigenvalue weighted by Gasteiger charge is 2.19. The second kappa shape index (κ2) is 5.46. The molecule has 1 aromatic carbocycles. The van der Waals surface area contributed by atoms with Crippen molar-refractivity contribution in [1.82, 2.24) is 4.57 Å². The lowest BCUT2D eigenvalue weighted by molar-refractivity contribution is 0.101. The van der Waals surface area contributed by atoms with Crippen molar-refractivity contribution >= 4 is 21.7 Å². The molecule has 0 bridgehead atoms. The van der Waals surface area contributed by atoms with Crippen LogP contribution in [0.4, 0.5) is 18.9 Å². The lowest BCUT2D eigenvalue weighted by Gasteiger charge is -2.07. The van der Waals surface area contributed by atoms with Gasteiger partial charge in [-0.05, 0) is 6.07 Å². The maximum Gasteiger partial charge on any atom is 0.296 e. The van der Waals surface area contributed by atoms with Crippen LogP contribution in [0.25, 0.3) is 0 Å². The fourth-order valence-corrected chi connectivity index (χ4v) is 2.28. The van der Waals surface area contributed by atoms with E-state index >= 15 is 0 Å². The highest BCUT2D eigenvalue weighted by Crippen LogP contribution is 2.19. The Morgan fingerprint density at radius 1 is 1.18 bits per heavy atom. The fourth-order valence-electron chi connectivity index (χ4n) is 1.72. The molecule has 0 unspecified atom stereocenters. The number of aromatic nitrogens is 1. The van der Waals surface area contributed by atoms with Crippen molar-refractivity contribution in [2.24, 2.45) is 7.05 Å². The first-order valence-corrected chi connectivity index (χ1v) is 7.13. The predicted octanol–water partition coefficient (Wildman–Crippen LogP) is 1.94. The van der Waals surface area contributed by atoms with E-state index in [0.29, 0.717) is 12.1 Å². The van der Waals surface area contributed by atoms with Crippen molar-refractivity contribution in [3.63, 3.8) is 0 Å². The largest absolute Gasteiger partial charge is 0.345 e. The molecule has 0 aliphatic carbocycles. The van der Waals surface area contributed by atoms with Gasteiger partial charge in [-0.15, -0.1) is 0 Å². The molecule has 118 valence electrons. The number of amides is 1. The van der Waals surface area contributed by atoms with Gasteiger partial charge in [0, 0.05) is 31.1 Å². The van der Waals surface area contributed by atoms with Crippen LogP contribution in [-0.2, 0) is 17.2 Å². The Labute approximate surface area is 122 Å². The van der Waals surface area contributed by atoms with E-state index in [1.807, 2.05) is 0 Å². The van der Waals surface area contributed by atoms with Crippen LogP contribution in [0, 0.1) is 17.5 Å². The molecule has 1 heterocycles. The summed E-state index contributed by atoms with van der Waals surface area (Å²) >= 11 is 0. The summed E-state index contributed by atoms with van der Waals surface area (Å²) in [4.78, 5) is 11.4. The van der Waals surface area contributed by atoms with Gasteiger partial charge in [0.15, 0.2) is 17.5 Å². The minimum absolute atomic E-state index is 0.197. The number of halogens is 3. The molecule has 22 heavy (non-hydrogen) atoms. The van der Waals surface area contributed by atoms with Crippen LogP contribution in [0.15, 0.2) is 29.3 Å². The number of hydrogen-bond acceptors (Lipinski definition) is 3. The molecule has 1 amide bonds. The van der Waals surface area contributed by atoms with Gasteiger partial charge in [-0.25, -0.2) is 13.2 Å². The van der Waals surface area contributed by atoms with Gasteiger partial charge in [-0.2, -0.15) is 8.42 Å². The van der Waals surface area contributed by atoms with Gasteiger partial charge < -0.3 is 9.88 Å². The molecule has 0 atom stereocenters. The molecular formula is C12H9F3N2O4S. The number of nitrogens with zero attached hydrogens (tertiary/aromatic N) is 1. The molecule has 0 aliphatic heterocycles. The average Bonchev–Trinajstić information content (AvgIpc) is 2.78. The van der Waals surface area contributed by atoms with E-state index in [1.165, 1.54) is 7.05 Å². The number of hydrogen-bond donors (Lipinski definition) is 2. The number of benzene rings is 1. The number of carbonyl (C=O) groups is 1. The molecule has 0 aliphatic rings. The normalized spacial score (nSPS) is 11.5. The number of nitrogens with one attached hydrogen (secondary N) is 1. The van der Waals surface area contributed by atoms with Crippen molar-refractivity contribution in [1.29, 1.82) is 0 Å². The van der Waals surface area contributed by atoms with Gasteiger partial charge in [0.1, 0.15) is 10.6 Å². The van der Waals surface area contributed by atoms with Crippen LogP contribution in [0.3, 0.4) is 0 Å². The summed E-state index contributed by atoms with van der Waals surface area (Å²) in [6, 6.07) is 2.02. The monoisotopic (exact) mass is 334 g/mol. The lowest BCUT2D eigenvalue weighted by Crippen LogP contribution is -2.15. The summed E-state index contributed by atoms with van der Waals surface area (Å²) in [5.41, 5.74) is -0.547. The Hall–Kier alpha value is -2.33. The second-order valence-electron chi connectivity index (χ2n) is 4.36. The van der Waals surface area contributed by atoms with Crippen LogP contribution in [0.5, 0.6) is 0 Å². The van der Waals surface area contributed by atoms with E-state index in [2.05, 4.69) is 5.32 Å². The molecule has 0 fully saturated rings. The summed E-state index contributed by atoms with van der Waals surface area (Å²) in [6.07, 6.45) is 0.982. The molecule has 2 rings (SSSR count). The Balaban J connectivity index is 2.32. The maximum absolute atomic E-state index is 13.0. The number of carbonyl (C=O) groups excluding carboxylic acids is 1. The third-order valence-corrected chi connectivity index (χ3v) is 3.57. The van der Waals surface area contributed by atoms with E-state index in [-0.39, 0.29) is 11.4 Å². The van der Waals surface area contributed by atoms with E-state index in [0.717, 1.165) is 16.8 Å². The molecule has 0 spiro atoms. The van der Waals surface area contributed by atoms with Crippen LogP contribution >= 0.6 is 0 Å². The molecule has 1 aromatic heterocycles. The number of rotatable bonds is 3. The van der Waals surface area contributed by atoms with E-state index in [1.54, 1.807) is 0 Å². The zero-order valence-electron chi connectivity index (χ0n) is 11.0. The molecule has 0 saturated heterocycles. The van der Waals surface area contributed by atoms with Crippen molar-refractivity contribution < 1.29 is 30.9 Å². The fraction of sp³-hybridized carbons (Fsp3) is 0.0833. The summed E-state index contributed by atoms with van der Waals surface area (Å²) in [5.74, 6) is -5.55. The molecular weight excluding hydrogens is 325 g/mol. The van der Waals surface area contributed by atoms with Crippen molar-refractivity contribution in [3.8, 4) is 0 Å². The Bertz CT molecular complexity index is 838. The smallest absolute Gasteiger partial charge is 0.296 e. The minimum atomic E-state index is -4.50. The van der Waals surface area contributed by atoms with Crippen molar-refractivity contribution in [2.75, 3.05) is 5.32 Å².